The lowest BCUT2D eigenvalue weighted by molar-refractivity contribution is 0.649. The van der Waals surface area contributed by atoms with E-state index < -0.39 is 10.8 Å². The fraction of sp³-hybridized carbons (Fsp3) is 0.143. The predicted molar refractivity (Wildman–Crippen MR) is 96.9 cm³/mol. The highest BCUT2D eigenvalue weighted by Crippen LogP contribution is 2.37. The molecule has 3 atom stereocenters. The highest BCUT2D eigenvalue weighted by molar-refractivity contribution is 7.85. The maximum absolute atomic E-state index is 13.3. The molecule has 23 heavy (non-hydrogen) atoms. The van der Waals surface area contributed by atoms with E-state index in [9.17, 15) is 4.21 Å². The quantitative estimate of drug-likeness (QED) is 0.620. The largest absolute Gasteiger partial charge is 0.254 e. The Kier molecular flexibility index (Phi) is 5.04. The maximum Gasteiger partial charge on any atom is 0.0709 e. The molecule has 1 nitrogen and oxygen atoms in total. The Balaban J connectivity index is 2.03. The molecule has 0 saturated carbocycles. The third-order valence-corrected chi connectivity index (χ3v) is 5.99. The van der Waals surface area contributed by atoms with Crippen LogP contribution in [0.2, 0.25) is 0 Å². The Morgan fingerprint density at radius 2 is 1.09 bits per heavy atom. The van der Waals surface area contributed by atoms with Gasteiger partial charge in [0.2, 0.25) is 0 Å². The monoisotopic (exact) mass is 320 g/mol. The molecule has 0 aliphatic heterocycles. The van der Waals surface area contributed by atoms with Gasteiger partial charge in [0.05, 0.1) is 16.0 Å². The minimum atomic E-state index is -1.10. The molecule has 0 radical (unpaired) electrons. The van der Waals surface area contributed by atoms with Crippen LogP contribution < -0.4 is 0 Å². The Bertz CT molecular complexity index is 754. The van der Waals surface area contributed by atoms with Crippen LogP contribution in [0.5, 0.6) is 0 Å². The van der Waals surface area contributed by atoms with Gasteiger partial charge in [-0.3, -0.25) is 4.21 Å². The summed E-state index contributed by atoms with van der Waals surface area (Å²) >= 11 is 0. The summed E-state index contributed by atoms with van der Waals surface area (Å²) in [6.07, 6.45) is 0. The van der Waals surface area contributed by atoms with Gasteiger partial charge in [-0.25, -0.2) is 0 Å². The minimum absolute atomic E-state index is 0.0685. The van der Waals surface area contributed by atoms with Crippen LogP contribution in [0.25, 0.3) is 0 Å². The SMILES string of the molecule is C[C@H](c1ccccc1)[C@H](c1ccccc1)[S@@](=O)c1ccccc1. The number of rotatable bonds is 5. The van der Waals surface area contributed by atoms with Crippen molar-refractivity contribution in [3.05, 3.63) is 102 Å². The average Bonchev–Trinajstić information content (AvgIpc) is 2.64. The molecule has 0 aromatic heterocycles. The number of benzene rings is 3. The van der Waals surface area contributed by atoms with Crippen molar-refractivity contribution in [2.24, 2.45) is 0 Å². The lowest BCUT2D eigenvalue weighted by Gasteiger charge is -2.24. The average molecular weight is 320 g/mol. The van der Waals surface area contributed by atoms with Crippen LogP contribution in [-0.2, 0) is 10.8 Å². The molecule has 0 saturated heterocycles. The summed E-state index contributed by atoms with van der Waals surface area (Å²) in [5.74, 6) is 0.166. The Morgan fingerprint density at radius 1 is 0.652 bits per heavy atom. The van der Waals surface area contributed by atoms with Crippen LogP contribution in [0, 0.1) is 0 Å². The van der Waals surface area contributed by atoms with Crippen molar-refractivity contribution in [3.63, 3.8) is 0 Å². The van der Waals surface area contributed by atoms with Crippen molar-refractivity contribution in [1.29, 1.82) is 0 Å². The molecule has 0 aliphatic rings. The summed E-state index contributed by atoms with van der Waals surface area (Å²) in [6, 6.07) is 30.3. The summed E-state index contributed by atoms with van der Waals surface area (Å²) in [5.41, 5.74) is 2.33. The van der Waals surface area contributed by atoms with Gasteiger partial charge in [0.25, 0.3) is 0 Å². The zero-order valence-electron chi connectivity index (χ0n) is 13.1. The molecule has 0 heterocycles. The molecular formula is C21H20OS. The molecule has 0 bridgehead atoms. The fourth-order valence-corrected chi connectivity index (χ4v) is 4.52. The normalized spacial score (nSPS) is 14.8. The maximum atomic E-state index is 13.3. The molecule has 0 amide bonds. The van der Waals surface area contributed by atoms with E-state index in [1.807, 2.05) is 66.7 Å². The van der Waals surface area contributed by atoms with Crippen molar-refractivity contribution < 1.29 is 4.21 Å². The Hall–Kier alpha value is -2.19. The van der Waals surface area contributed by atoms with Gasteiger partial charge in [0.15, 0.2) is 0 Å². The predicted octanol–water partition coefficient (Wildman–Crippen LogP) is 5.34. The summed E-state index contributed by atoms with van der Waals surface area (Å²) in [6.45, 7) is 2.16. The highest BCUT2D eigenvalue weighted by Gasteiger charge is 2.27. The van der Waals surface area contributed by atoms with Gasteiger partial charge in [-0.1, -0.05) is 85.8 Å². The van der Waals surface area contributed by atoms with Crippen LogP contribution in [0.3, 0.4) is 0 Å². The van der Waals surface area contributed by atoms with E-state index in [1.54, 1.807) is 0 Å². The number of hydrogen-bond donors (Lipinski definition) is 0. The van der Waals surface area contributed by atoms with Crippen LogP contribution in [0.15, 0.2) is 95.9 Å². The zero-order valence-corrected chi connectivity index (χ0v) is 13.9. The molecule has 3 aromatic carbocycles. The standard InChI is InChI=1S/C21H20OS/c1-17(18-11-5-2-6-12-18)21(19-13-7-3-8-14-19)23(22)20-15-9-4-10-16-20/h2-17,21H,1H3/t17-,21-,23+/m1/s1. The van der Waals surface area contributed by atoms with E-state index in [0.717, 1.165) is 10.5 Å². The lowest BCUT2D eigenvalue weighted by Crippen LogP contribution is -2.14. The molecule has 0 aliphatic carbocycles. The second-order valence-corrected chi connectivity index (χ2v) is 7.22. The van der Waals surface area contributed by atoms with E-state index in [4.69, 9.17) is 0 Å². The molecule has 0 fully saturated rings. The first-order chi connectivity index (χ1) is 11.3. The second kappa shape index (κ2) is 7.38. The van der Waals surface area contributed by atoms with Crippen LogP contribution >= 0.6 is 0 Å². The van der Waals surface area contributed by atoms with Gasteiger partial charge in [-0.05, 0) is 29.2 Å². The summed E-state index contributed by atoms with van der Waals surface area (Å²) in [4.78, 5) is 0.879. The zero-order chi connectivity index (χ0) is 16.1. The summed E-state index contributed by atoms with van der Waals surface area (Å²) in [5, 5.41) is -0.0685. The van der Waals surface area contributed by atoms with Crippen LogP contribution in [0.1, 0.15) is 29.2 Å². The molecule has 0 unspecified atom stereocenters. The highest BCUT2D eigenvalue weighted by atomic mass is 32.2. The Labute approximate surface area is 140 Å². The van der Waals surface area contributed by atoms with Gasteiger partial charge in [-0.15, -0.1) is 0 Å². The minimum Gasteiger partial charge on any atom is -0.254 e. The first kappa shape index (κ1) is 15.7. The van der Waals surface area contributed by atoms with Gasteiger partial charge >= 0.3 is 0 Å². The number of hydrogen-bond acceptors (Lipinski definition) is 1. The van der Waals surface area contributed by atoms with Gasteiger partial charge in [0, 0.05) is 4.90 Å². The van der Waals surface area contributed by atoms with Crippen LogP contribution in [0.4, 0.5) is 0 Å². The van der Waals surface area contributed by atoms with Crippen LogP contribution in [-0.4, -0.2) is 4.21 Å². The topological polar surface area (TPSA) is 17.1 Å². The second-order valence-electron chi connectivity index (χ2n) is 5.64. The van der Waals surface area contributed by atoms with E-state index in [1.165, 1.54) is 5.56 Å². The molecule has 0 N–H and O–H groups in total. The fourth-order valence-electron chi connectivity index (χ4n) is 2.87. The molecule has 116 valence electrons. The third-order valence-electron chi connectivity index (χ3n) is 4.11. The van der Waals surface area contributed by atoms with Crippen molar-refractivity contribution in [3.8, 4) is 0 Å². The van der Waals surface area contributed by atoms with Crippen molar-refractivity contribution >= 4 is 10.8 Å². The van der Waals surface area contributed by atoms with Crippen molar-refractivity contribution in [2.75, 3.05) is 0 Å². The van der Waals surface area contributed by atoms with Crippen molar-refractivity contribution in [2.45, 2.75) is 23.0 Å². The summed E-state index contributed by atoms with van der Waals surface area (Å²) in [7, 11) is -1.10. The summed E-state index contributed by atoms with van der Waals surface area (Å²) < 4.78 is 13.3. The van der Waals surface area contributed by atoms with E-state index >= 15 is 0 Å². The molecule has 3 rings (SSSR count). The molecule has 3 aromatic rings. The first-order valence-corrected chi connectivity index (χ1v) is 9.04. The molecule has 2 heteroatoms. The third kappa shape index (κ3) is 3.59. The van der Waals surface area contributed by atoms with Gasteiger partial charge in [-0.2, -0.15) is 0 Å². The smallest absolute Gasteiger partial charge is 0.0709 e. The molecule has 0 spiro atoms. The van der Waals surface area contributed by atoms with Gasteiger partial charge in [0.1, 0.15) is 0 Å². The van der Waals surface area contributed by atoms with Crippen molar-refractivity contribution in [1.82, 2.24) is 0 Å². The first-order valence-electron chi connectivity index (χ1n) is 7.83. The lowest BCUT2D eigenvalue weighted by atomic mass is 9.93. The molecular weight excluding hydrogens is 300 g/mol. The van der Waals surface area contributed by atoms with Gasteiger partial charge < -0.3 is 0 Å². The van der Waals surface area contributed by atoms with E-state index in [2.05, 4.69) is 31.2 Å². The van der Waals surface area contributed by atoms with E-state index in [0.29, 0.717) is 0 Å². The Morgan fingerprint density at radius 3 is 1.61 bits per heavy atom. The van der Waals surface area contributed by atoms with E-state index in [-0.39, 0.29) is 11.2 Å².